The summed E-state index contributed by atoms with van der Waals surface area (Å²) in [4.78, 5) is 22.1. The van der Waals surface area contributed by atoms with E-state index in [-0.39, 0.29) is 17.1 Å². The highest BCUT2D eigenvalue weighted by molar-refractivity contribution is 5.87. The molecule has 0 unspecified atom stereocenters. The quantitative estimate of drug-likeness (QED) is 0.880. The Bertz CT molecular complexity index is 696. The molecular weight excluding hydrogens is 255 g/mol. The molecule has 0 saturated heterocycles. The lowest BCUT2D eigenvalue weighted by molar-refractivity contribution is 0.0696. The van der Waals surface area contributed by atoms with E-state index in [2.05, 4.69) is 10.2 Å². The summed E-state index contributed by atoms with van der Waals surface area (Å²) in [6, 6.07) is 4.50. The lowest BCUT2D eigenvalue weighted by Crippen LogP contribution is -2.11. The van der Waals surface area contributed by atoms with E-state index in [1.807, 2.05) is 0 Å². The third-order valence-electron chi connectivity index (χ3n) is 2.30. The van der Waals surface area contributed by atoms with Crippen LogP contribution in [0.1, 0.15) is 16.1 Å². The molecule has 0 saturated carbocycles. The Labute approximate surface area is 106 Å². The van der Waals surface area contributed by atoms with Crippen LogP contribution in [0.15, 0.2) is 29.1 Å². The number of carbonyl (C=O) groups is 1. The van der Waals surface area contributed by atoms with E-state index in [0.29, 0.717) is 5.69 Å². The van der Waals surface area contributed by atoms with E-state index in [1.165, 1.54) is 12.1 Å². The molecule has 0 aliphatic rings. The van der Waals surface area contributed by atoms with Crippen molar-refractivity contribution >= 4 is 5.97 Å². The van der Waals surface area contributed by atoms with Crippen molar-refractivity contribution in [3.63, 3.8) is 0 Å². The van der Waals surface area contributed by atoms with Crippen LogP contribution in [-0.2, 0) is 0 Å². The molecule has 1 aromatic carbocycles. The van der Waals surface area contributed by atoms with Crippen LogP contribution in [0.5, 0.6) is 11.5 Å². The number of rotatable bonds is 3. The summed E-state index contributed by atoms with van der Waals surface area (Å²) in [5.74, 6) is -2.47. The number of carboxylic acids is 1. The Balaban J connectivity index is 2.36. The number of hydrogen-bond acceptors (Lipinski definition) is 4. The van der Waals surface area contributed by atoms with Crippen molar-refractivity contribution in [1.82, 2.24) is 10.2 Å². The fourth-order valence-corrected chi connectivity index (χ4v) is 1.39. The van der Waals surface area contributed by atoms with Gasteiger partial charge in [-0.25, -0.2) is 14.3 Å². The van der Waals surface area contributed by atoms with Gasteiger partial charge in [0, 0.05) is 6.07 Å². The van der Waals surface area contributed by atoms with Crippen molar-refractivity contribution in [1.29, 1.82) is 0 Å². The normalized spacial score (nSPS) is 10.2. The van der Waals surface area contributed by atoms with E-state index in [1.54, 1.807) is 6.92 Å². The minimum Gasteiger partial charge on any atom is -0.478 e. The number of benzene rings is 1. The third kappa shape index (κ3) is 2.76. The summed E-state index contributed by atoms with van der Waals surface area (Å²) < 4.78 is 18.7. The molecule has 0 radical (unpaired) electrons. The Hall–Kier alpha value is -2.70. The molecule has 0 atom stereocenters. The van der Waals surface area contributed by atoms with E-state index in [4.69, 9.17) is 9.84 Å². The molecule has 2 aromatic rings. The summed E-state index contributed by atoms with van der Waals surface area (Å²) in [6.45, 7) is 1.63. The summed E-state index contributed by atoms with van der Waals surface area (Å²) in [7, 11) is 0. The van der Waals surface area contributed by atoms with Gasteiger partial charge in [0.15, 0.2) is 17.3 Å². The van der Waals surface area contributed by atoms with E-state index in [9.17, 15) is 14.0 Å². The molecule has 0 aliphatic heterocycles. The highest BCUT2D eigenvalue weighted by atomic mass is 19.1. The summed E-state index contributed by atoms with van der Waals surface area (Å²) in [5.41, 5.74) is -0.311. The number of halogens is 1. The van der Waals surface area contributed by atoms with E-state index >= 15 is 0 Å². The number of nitrogens with one attached hydrogen (secondary N) is 1. The SMILES string of the molecule is Cc1cc(Oc2ccc(C(=O)O)cc2F)c(=O)[nH]n1. The average Bonchev–Trinajstić information content (AvgIpc) is 2.36. The lowest BCUT2D eigenvalue weighted by Gasteiger charge is -2.06. The second-order valence-electron chi connectivity index (χ2n) is 3.76. The Morgan fingerprint density at radius 2 is 2.11 bits per heavy atom. The molecule has 1 aromatic heterocycles. The van der Waals surface area contributed by atoms with Crippen LogP contribution in [0, 0.1) is 12.7 Å². The summed E-state index contributed by atoms with van der Waals surface area (Å²) in [5, 5.41) is 14.5. The molecule has 0 spiro atoms. The first kappa shape index (κ1) is 12.7. The number of aryl methyl sites for hydroxylation is 1. The van der Waals surface area contributed by atoms with Gasteiger partial charge < -0.3 is 9.84 Å². The van der Waals surface area contributed by atoms with E-state index < -0.39 is 17.3 Å². The zero-order chi connectivity index (χ0) is 14.0. The zero-order valence-electron chi connectivity index (χ0n) is 9.81. The molecule has 6 nitrogen and oxygen atoms in total. The number of nitrogens with zero attached hydrogens (tertiary/aromatic N) is 1. The average molecular weight is 264 g/mol. The van der Waals surface area contributed by atoms with Crippen molar-refractivity contribution in [2.24, 2.45) is 0 Å². The predicted molar refractivity (Wildman–Crippen MR) is 63.0 cm³/mol. The molecule has 98 valence electrons. The number of H-pyrrole nitrogens is 1. The monoisotopic (exact) mass is 264 g/mol. The standard InChI is InChI=1S/C12H9FN2O4/c1-6-4-10(11(16)15-14-6)19-9-3-2-7(12(17)18)5-8(9)13/h2-5H,1H3,(H,15,16)(H,17,18). The first-order valence-electron chi connectivity index (χ1n) is 5.24. The van der Waals surface area contributed by atoms with Gasteiger partial charge in [-0.1, -0.05) is 0 Å². The molecule has 19 heavy (non-hydrogen) atoms. The first-order chi connectivity index (χ1) is 8.97. The maximum atomic E-state index is 13.6. The van der Waals surface area contributed by atoms with Gasteiger partial charge in [0.25, 0.3) is 0 Å². The minimum absolute atomic E-state index is 0.116. The van der Waals surface area contributed by atoms with Crippen LogP contribution >= 0.6 is 0 Å². The number of aromatic amines is 1. The second-order valence-corrected chi connectivity index (χ2v) is 3.76. The fraction of sp³-hybridized carbons (Fsp3) is 0.0833. The van der Waals surface area contributed by atoms with Gasteiger partial charge in [-0.05, 0) is 25.1 Å². The van der Waals surface area contributed by atoms with Gasteiger partial charge in [-0.15, -0.1) is 0 Å². The van der Waals surface area contributed by atoms with Gasteiger partial charge in [0.05, 0.1) is 11.3 Å². The Morgan fingerprint density at radius 1 is 1.37 bits per heavy atom. The summed E-state index contributed by atoms with van der Waals surface area (Å²) in [6.07, 6.45) is 0. The van der Waals surface area contributed by atoms with Crippen molar-refractivity contribution in [3.8, 4) is 11.5 Å². The van der Waals surface area contributed by atoms with Crippen LogP contribution in [0.25, 0.3) is 0 Å². The van der Waals surface area contributed by atoms with Crippen LogP contribution in [-0.4, -0.2) is 21.3 Å². The van der Waals surface area contributed by atoms with Gasteiger partial charge in [0.2, 0.25) is 0 Å². The molecule has 2 N–H and O–H groups in total. The van der Waals surface area contributed by atoms with E-state index in [0.717, 1.165) is 12.1 Å². The second kappa shape index (κ2) is 4.89. The molecule has 0 aliphatic carbocycles. The van der Waals surface area contributed by atoms with Crippen molar-refractivity contribution < 1.29 is 19.0 Å². The third-order valence-corrected chi connectivity index (χ3v) is 2.30. The smallest absolute Gasteiger partial charge is 0.335 e. The molecule has 0 fully saturated rings. The van der Waals surface area contributed by atoms with Crippen LogP contribution in [0.4, 0.5) is 4.39 Å². The maximum absolute atomic E-state index is 13.6. The largest absolute Gasteiger partial charge is 0.478 e. The van der Waals surface area contributed by atoms with Gasteiger partial charge in [-0.3, -0.25) is 4.79 Å². The number of aromatic nitrogens is 2. The molecular formula is C12H9FN2O4. The molecule has 7 heteroatoms. The minimum atomic E-state index is -1.25. The number of ether oxygens (including phenoxy) is 1. The van der Waals surface area contributed by atoms with Crippen molar-refractivity contribution in [2.45, 2.75) is 6.92 Å². The molecule has 2 rings (SSSR count). The highest BCUT2D eigenvalue weighted by Gasteiger charge is 2.11. The van der Waals surface area contributed by atoms with Gasteiger partial charge in [0.1, 0.15) is 0 Å². The highest BCUT2D eigenvalue weighted by Crippen LogP contribution is 2.23. The Morgan fingerprint density at radius 3 is 2.74 bits per heavy atom. The van der Waals surface area contributed by atoms with Gasteiger partial charge in [-0.2, -0.15) is 5.10 Å². The number of hydrogen-bond donors (Lipinski definition) is 2. The molecule has 1 heterocycles. The fourth-order valence-electron chi connectivity index (χ4n) is 1.39. The predicted octanol–water partition coefficient (Wildman–Crippen LogP) is 1.71. The molecule has 0 bridgehead atoms. The van der Waals surface area contributed by atoms with Crippen molar-refractivity contribution in [3.05, 3.63) is 51.7 Å². The summed E-state index contributed by atoms with van der Waals surface area (Å²) >= 11 is 0. The topological polar surface area (TPSA) is 92.3 Å². The van der Waals surface area contributed by atoms with Crippen molar-refractivity contribution in [2.75, 3.05) is 0 Å². The first-order valence-corrected chi connectivity index (χ1v) is 5.24. The zero-order valence-corrected chi connectivity index (χ0v) is 9.81. The number of carboxylic acid groups (broad SMARTS) is 1. The lowest BCUT2D eigenvalue weighted by atomic mass is 10.2. The van der Waals surface area contributed by atoms with Crippen LogP contribution < -0.4 is 10.3 Å². The van der Waals surface area contributed by atoms with Crippen LogP contribution in [0.2, 0.25) is 0 Å². The van der Waals surface area contributed by atoms with Gasteiger partial charge >= 0.3 is 11.5 Å². The van der Waals surface area contributed by atoms with Crippen LogP contribution in [0.3, 0.4) is 0 Å². The Kier molecular flexibility index (Phi) is 3.28. The maximum Gasteiger partial charge on any atom is 0.335 e. The number of aromatic carboxylic acids is 1. The molecule has 0 amide bonds.